The SMILES string of the molecule is COc1ccc(OCCNC(=O)C2CC2C(=O)N2CCN(C(C)=O)CC2)cc1. The molecule has 1 N–H and O–H groups in total. The Hall–Kier alpha value is -2.77. The average Bonchev–Trinajstić information content (AvgIpc) is 3.52. The number of piperazine rings is 1. The summed E-state index contributed by atoms with van der Waals surface area (Å²) in [5.74, 6) is 0.947. The number of carbonyl (C=O) groups is 3. The Morgan fingerprint density at radius 2 is 1.61 bits per heavy atom. The second-order valence-corrected chi connectivity index (χ2v) is 7.10. The Labute approximate surface area is 164 Å². The Kier molecular flexibility index (Phi) is 6.38. The molecule has 1 saturated carbocycles. The molecule has 8 heteroatoms. The first-order chi connectivity index (χ1) is 13.5. The summed E-state index contributed by atoms with van der Waals surface area (Å²) in [4.78, 5) is 39.6. The molecule has 152 valence electrons. The van der Waals surface area contributed by atoms with Gasteiger partial charge in [0.05, 0.1) is 25.5 Å². The quantitative estimate of drug-likeness (QED) is 0.687. The third kappa shape index (κ3) is 4.94. The highest BCUT2D eigenvalue weighted by Gasteiger charge is 2.49. The largest absolute Gasteiger partial charge is 0.497 e. The van der Waals surface area contributed by atoms with Gasteiger partial charge in [0.2, 0.25) is 17.7 Å². The van der Waals surface area contributed by atoms with Crippen molar-refractivity contribution in [2.24, 2.45) is 11.8 Å². The standard InChI is InChI=1S/C20H27N3O5/c1-14(24)22-8-10-23(11-9-22)20(26)18-13-17(18)19(25)21-7-12-28-16-5-3-15(27-2)4-6-16/h3-6,17-18H,7-13H2,1-2H3,(H,21,25). The third-order valence-electron chi connectivity index (χ3n) is 5.21. The van der Waals surface area contributed by atoms with Crippen LogP contribution in [0.25, 0.3) is 0 Å². The molecule has 3 rings (SSSR count). The van der Waals surface area contributed by atoms with Crippen LogP contribution >= 0.6 is 0 Å². The topological polar surface area (TPSA) is 88.2 Å². The molecule has 1 saturated heterocycles. The molecule has 0 radical (unpaired) electrons. The zero-order valence-electron chi connectivity index (χ0n) is 16.3. The van der Waals surface area contributed by atoms with Crippen LogP contribution < -0.4 is 14.8 Å². The number of rotatable bonds is 7. The van der Waals surface area contributed by atoms with E-state index in [1.807, 2.05) is 24.3 Å². The fraction of sp³-hybridized carbons (Fsp3) is 0.550. The van der Waals surface area contributed by atoms with Gasteiger partial charge in [-0.2, -0.15) is 0 Å². The summed E-state index contributed by atoms with van der Waals surface area (Å²) in [6, 6.07) is 7.24. The van der Waals surface area contributed by atoms with Gasteiger partial charge in [0.1, 0.15) is 18.1 Å². The maximum absolute atomic E-state index is 12.5. The number of nitrogens with zero attached hydrogens (tertiary/aromatic N) is 2. The van der Waals surface area contributed by atoms with E-state index in [2.05, 4.69) is 5.32 Å². The molecule has 3 amide bonds. The molecular formula is C20H27N3O5. The zero-order chi connectivity index (χ0) is 20.1. The molecule has 1 aromatic carbocycles. The predicted molar refractivity (Wildman–Crippen MR) is 102 cm³/mol. The molecule has 2 unspecified atom stereocenters. The summed E-state index contributed by atoms with van der Waals surface area (Å²) in [7, 11) is 1.60. The number of methoxy groups -OCH3 is 1. The van der Waals surface area contributed by atoms with Crippen LogP contribution in [0.3, 0.4) is 0 Å². The van der Waals surface area contributed by atoms with Gasteiger partial charge in [-0.1, -0.05) is 0 Å². The molecule has 2 aliphatic rings. The molecule has 1 aliphatic carbocycles. The highest BCUT2D eigenvalue weighted by Crippen LogP contribution is 2.40. The highest BCUT2D eigenvalue weighted by molar-refractivity contribution is 5.92. The maximum Gasteiger partial charge on any atom is 0.226 e. The third-order valence-corrected chi connectivity index (χ3v) is 5.21. The molecule has 1 heterocycles. The first-order valence-electron chi connectivity index (χ1n) is 9.58. The van der Waals surface area contributed by atoms with Gasteiger partial charge in [0.25, 0.3) is 0 Å². The van der Waals surface area contributed by atoms with Crippen molar-refractivity contribution in [1.29, 1.82) is 0 Å². The monoisotopic (exact) mass is 389 g/mol. The Balaban J connectivity index is 1.34. The summed E-state index contributed by atoms with van der Waals surface area (Å²) >= 11 is 0. The number of ether oxygens (including phenoxy) is 2. The van der Waals surface area contributed by atoms with Gasteiger partial charge in [0.15, 0.2) is 0 Å². The maximum atomic E-state index is 12.5. The van der Waals surface area contributed by atoms with Crippen molar-refractivity contribution < 1.29 is 23.9 Å². The highest BCUT2D eigenvalue weighted by atomic mass is 16.5. The summed E-state index contributed by atoms with van der Waals surface area (Å²) in [5, 5.41) is 2.83. The van der Waals surface area contributed by atoms with Gasteiger partial charge < -0.3 is 24.6 Å². The van der Waals surface area contributed by atoms with E-state index in [1.54, 1.807) is 16.9 Å². The van der Waals surface area contributed by atoms with Crippen molar-refractivity contribution in [3.05, 3.63) is 24.3 Å². The Morgan fingerprint density at radius 3 is 2.21 bits per heavy atom. The summed E-state index contributed by atoms with van der Waals surface area (Å²) in [6.07, 6.45) is 0.594. The van der Waals surface area contributed by atoms with Crippen LogP contribution in [0.4, 0.5) is 0 Å². The smallest absolute Gasteiger partial charge is 0.226 e. The second kappa shape index (κ2) is 8.95. The number of benzene rings is 1. The molecule has 8 nitrogen and oxygen atoms in total. The number of nitrogens with one attached hydrogen (secondary N) is 1. The van der Waals surface area contributed by atoms with Crippen molar-refractivity contribution >= 4 is 17.7 Å². The average molecular weight is 389 g/mol. The van der Waals surface area contributed by atoms with Crippen LogP contribution in [0, 0.1) is 11.8 Å². The van der Waals surface area contributed by atoms with Crippen molar-refractivity contribution in [2.75, 3.05) is 46.4 Å². The summed E-state index contributed by atoms with van der Waals surface area (Å²) in [6.45, 7) is 4.49. The van der Waals surface area contributed by atoms with E-state index in [-0.39, 0.29) is 29.6 Å². The fourth-order valence-corrected chi connectivity index (χ4v) is 3.38. The number of hydrogen-bond acceptors (Lipinski definition) is 5. The van der Waals surface area contributed by atoms with Crippen molar-refractivity contribution in [3.8, 4) is 11.5 Å². The van der Waals surface area contributed by atoms with E-state index < -0.39 is 0 Å². The number of amides is 3. The molecule has 0 bridgehead atoms. The molecule has 0 aromatic heterocycles. The van der Waals surface area contributed by atoms with E-state index in [9.17, 15) is 14.4 Å². The van der Waals surface area contributed by atoms with Gasteiger partial charge >= 0.3 is 0 Å². The first-order valence-corrected chi connectivity index (χ1v) is 9.58. The lowest BCUT2D eigenvalue weighted by Crippen LogP contribution is -2.50. The summed E-state index contributed by atoms with van der Waals surface area (Å²) < 4.78 is 10.7. The minimum absolute atomic E-state index is 0.0258. The molecule has 1 aliphatic heterocycles. The van der Waals surface area contributed by atoms with Gasteiger partial charge in [0, 0.05) is 33.1 Å². The van der Waals surface area contributed by atoms with Crippen molar-refractivity contribution in [2.45, 2.75) is 13.3 Å². The molecule has 2 atom stereocenters. The molecule has 28 heavy (non-hydrogen) atoms. The number of carbonyl (C=O) groups excluding carboxylic acids is 3. The molecule has 2 fully saturated rings. The van der Waals surface area contributed by atoms with E-state index in [4.69, 9.17) is 9.47 Å². The van der Waals surface area contributed by atoms with Gasteiger partial charge in [-0.3, -0.25) is 14.4 Å². The molecule has 0 spiro atoms. The van der Waals surface area contributed by atoms with E-state index in [0.717, 1.165) is 5.75 Å². The lowest BCUT2D eigenvalue weighted by atomic mass is 10.2. The lowest BCUT2D eigenvalue weighted by molar-refractivity contribution is -0.140. The molecule has 1 aromatic rings. The van der Waals surface area contributed by atoms with E-state index in [1.165, 1.54) is 6.92 Å². The summed E-state index contributed by atoms with van der Waals surface area (Å²) in [5.41, 5.74) is 0. The van der Waals surface area contributed by atoms with Gasteiger partial charge in [-0.15, -0.1) is 0 Å². The lowest BCUT2D eigenvalue weighted by Gasteiger charge is -2.34. The van der Waals surface area contributed by atoms with Crippen molar-refractivity contribution in [1.82, 2.24) is 15.1 Å². The Morgan fingerprint density at radius 1 is 1.00 bits per heavy atom. The van der Waals surface area contributed by atoms with Gasteiger partial charge in [-0.25, -0.2) is 0 Å². The fourth-order valence-electron chi connectivity index (χ4n) is 3.38. The van der Waals surface area contributed by atoms with Crippen molar-refractivity contribution in [3.63, 3.8) is 0 Å². The van der Waals surface area contributed by atoms with Crippen LogP contribution in [0.2, 0.25) is 0 Å². The van der Waals surface area contributed by atoms with Crippen LogP contribution in [-0.4, -0.2) is 74.0 Å². The normalized spacial score (nSPS) is 21.1. The Bertz CT molecular complexity index is 713. The minimum Gasteiger partial charge on any atom is -0.497 e. The first kappa shape index (κ1) is 20.0. The van der Waals surface area contributed by atoms with Crippen LogP contribution in [-0.2, 0) is 14.4 Å². The minimum atomic E-state index is -0.251. The van der Waals surface area contributed by atoms with Crippen LogP contribution in [0.1, 0.15) is 13.3 Å². The van der Waals surface area contributed by atoms with Crippen LogP contribution in [0.5, 0.6) is 11.5 Å². The zero-order valence-corrected chi connectivity index (χ0v) is 16.3. The van der Waals surface area contributed by atoms with E-state index >= 15 is 0 Å². The number of hydrogen-bond donors (Lipinski definition) is 1. The molecular weight excluding hydrogens is 362 g/mol. The van der Waals surface area contributed by atoms with E-state index in [0.29, 0.717) is 51.5 Å². The second-order valence-electron chi connectivity index (χ2n) is 7.10. The predicted octanol–water partition coefficient (Wildman–Crippen LogP) is 0.517. The van der Waals surface area contributed by atoms with Crippen LogP contribution in [0.15, 0.2) is 24.3 Å². The van der Waals surface area contributed by atoms with Gasteiger partial charge in [-0.05, 0) is 30.7 Å².